The van der Waals surface area contributed by atoms with E-state index >= 15 is 0 Å². The van der Waals surface area contributed by atoms with Gasteiger partial charge in [-0.15, -0.1) is 0 Å². The van der Waals surface area contributed by atoms with Gasteiger partial charge in [0, 0.05) is 21.9 Å². The standard InChI is InChI=1S/C14H12BrN3/c1-9-13-6-5-12(16)8-18(13)14(17-9)10-3-2-4-11(15)7-10/h2-8H,16H2,1H3. The molecule has 0 aliphatic carbocycles. The van der Waals surface area contributed by atoms with Crippen LogP contribution in [0, 0.1) is 6.92 Å². The van der Waals surface area contributed by atoms with Crippen molar-refractivity contribution >= 4 is 27.1 Å². The highest BCUT2D eigenvalue weighted by atomic mass is 79.9. The second kappa shape index (κ2) is 4.14. The maximum atomic E-state index is 5.85. The lowest BCUT2D eigenvalue weighted by atomic mass is 10.2. The van der Waals surface area contributed by atoms with Crippen LogP contribution in [0.3, 0.4) is 0 Å². The number of benzene rings is 1. The molecule has 0 saturated heterocycles. The lowest BCUT2D eigenvalue weighted by Crippen LogP contribution is -1.92. The number of pyridine rings is 1. The van der Waals surface area contributed by atoms with E-state index in [1.54, 1.807) is 0 Å². The van der Waals surface area contributed by atoms with Crippen LogP contribution in [-0.2, 0) is 0 Å². The molecular weight excluding hydrogens is 290 g/mol. The van der Waals surface area contributed by atoms with E-state index in [9.17, 15) is 0 Å². The summed E-state index contributed by atoms with van der Waals surface area (Å²) in [7, 11) is 0. The highest BCUT2D eigenvalue weighted by Crippen LogP contribution is 2.25. The number of aryl methyl sites for hydroxylation is 1. The van der Waals surface area contributed by atoms with Gasteiger partial charge in [0.2, 0.25) is 0 Å². The van der Waals surface area contributed by atoms with Gasteiger partial charge in [-0.3, -0.25) is 4.40 Å². The van der Waals surface area contributed by atoms with Gasteiger partial charge in [0.15, 0.2) is 0 Å². The van der Waals surface area contributed by atoms with E-state index in [1.165, 1.54) is 0 Å². The van der Waals surface area contributed by atoms with E-state index in [0.717, 1.165) is 32.8 Å². The highest BCUT2D eigenvalue weighted by molar-refractivity contribution is 9.10. The highest BCUT2D eigenvalue weighted by Gasteiger charge is 2.10. The Hall–Kier alpha value is -1.81. The maximum Gasteiger partial charge on any atom is 0.144 e. The SMILES string of the molecule is Cc1nc(-c2cccc(Br)c2)n2cc(N)ccc12. The summed E-state index contributed by atoms with van der Waals surface area (Å²) >= 11 is 3.48. The van der Waals surface area contributed by atoms with Crippen LogP contribution in [0.5, 0.6) is 0 Å². The molecule has 0 spiro atoms. The Kier molecular flexibility index (Phi) is 2.59. The lowest BCUT2D eigenvalue weighted by Gasteiger charge is -2.03. The van der Waals surface area contributed by atoms with Crippen molar-refractivity contribution in [3.63, 3.8) is 0 Å². The fourth-order valence-electron chi connectivity index (χ4n) is 2.09. The van der Waals surface area contributed by atoms with Crippen LogP contribution in [0.2, 0.25) is 0 Å². The summed E-state index contributed by atoms with van der Waals surface area (Å²) < 4.78 is 3.07. The van der Waals surface area contributed by atoms with Gasteiger partial charge in [0.05, 0.1) is 11.2 Å². The number of hydrogen-bond acceptors (Lipinski definition) is 2. The van der Waals surface area contributed by atoms with Crippen molar-refractivity contribution in [1.29, 1.82) is 0 Å². The normalized spacial score (nSPS) is 11.0. The first-order valence-corrected chi connectivity index (χ1v) is 6.44. The Morgan fingerprint density at radius 3 is 2.83 bits per heavy atom. The summed E-state index contributed by atoms with van der Waals surface area (Å²) in [5, 5.41) is 0. The molecule has 18 heavy (non-hydrogen) atoms. The third-order valence-electron chi connectivity index (χ3n) is 2.93. The number of nitrogen functional groups attached to an aromatic ring is 1. The zero-order chi connectivity index (χ0) is 12.7. The van der Waals surface area contributed by atoms with E-state index in [0.29, 0.717) is 0 Å². The molecule has 3 aromatic rings. The predicted molar refractivity (Wildman–Crippen MR) is 77.5 cm³/mol. The Balaban J connectivity index is 2.32. The molecular formula is C14H12BrN3. The Labute approximate surface area is 113 Å². The largest absolute Gasteiger partial charge is 0.398 e. The topological polar surface area (TPSA) is 43.3 Å². The minimum Gasteiger partial charge on any atom is -0.398 e. The van der Waals surface area contributed by atoms with Crippen molar-refractivity contribution in [3.8, 4) is 11.4 Å². The average molecular weight is 302 g/mol. The van der Waals surface area contributed by atoms with Gasteiger partial charge in [0.25, 0.3) is 0 Å². The minimum absolute atomic E-state index is 0.733. The number of nitrogens with two attached hydrogens (primary N) is 1. The first kappa shape index (κ1) is 11.3. The molecule has 0 aliphatic heterocycles. The quantitative estimate of drug-likeness (QED) is 0.745. The fraction of sp³-hybridized carbons (Fsp3) is 0.0714. The van der Waals surface area contributed by atoms with Crippen molar-refractivity contribution in [3.05, 3.63) is 52.8 Å². The molecule has 0 saturated carbocycles. The van der Waals surface area contributed by atoms with Crippen LogP contribution in [-0.4, -0.2) is 9.38 Å². The van der Waals surface area contributed by atoms with Crippen LogP contribution in [0.25, 0.3) is 16.9 Å². The predicted octanol–water partition coefficient (Wildman–Crippen LogP) is 3.65. The van der Waals surface area contributed by atoms with E-state index < -0.39 is 0 Å². The number of nitrogens with zero attached hydrogens (tertiary/aromatic N) is 2. The average Bonchev–Trinajstić information content (AvgIpc) is 2.66. The van der Waals surface area contributed by atoms with Crippen molar-refractivity contribution in [2.45, 2.75) is 6.92 Å². The molecule has 2 aromatic heterocycles. The summed E-state index contributed by atoms with van der Waals surface area (Å²) in [5.41, 5.74) is 9.74. The molecule has 90 valence electrons. The zero-order valence-electron chi connectivity index (χ0n) is 9.89. The van der Waals surface area contributed by atoms with Crippen molar-refractivity contribution in [2.24, 2.45) is 0 Å². The Bertz CT molecular complexity index is 731. The van der Waals surface area contributed by atoms with Gasteiger partial charge in [0.1, 0.15) is 5.82 Å². The maximum absolute atomic E-state index is 5.85. The first-order chi connectivity index (χ1) is 8.65. The number of anilines is 1. The smallest absolute Gasteiger partial charge is 0.144 e. The summed E-state index contributed by atoms with van der Waals surface area (Å²) in [6.07, 6.45) is 1.91. The number of aromatic nitrogens is 2. The van der Waals surface area contributed by atoms with Crippen LogP contribution in [0.15, 0.2) is 47.1 Å². The van der Waals surface area contributed by atoms with Gasteiger partial charge in [-0.1, -0.05) is 28.1 Å². The number of fused-ring (bicyclic) bond motifs is 1. The Morgan fingerprint density at radius 2 is 2.06 bits per heavy atom. The molecule has 3 rings (SSSR count). The van der Waals surface area contributed by atoms with Gasteiger partial charge in [-0.25, -0.2) is 4.98 Å². The third-order valence-corrected chi connectivity index (χ3v) is 3.42. The van der Waals surface area contributed by atoms with Crippen molar-refractivity contribution < 1.29 is 0 Å². The second-order valence-electron chi connectivity index (χ2n) is 4.25. The molecule has 2 N–H and O–H groups in total. The molecule has 0 amide bonds. The molecule has 0 aliphatic rings. The minimum atomic E-state index is 0.733. The molecule has 3 nitrogen and oxygen atoms in total. The van der Waals surface area contributed by atoms with Crippen molar-refractivity contribution in [1.82, 2.24) is 9.38 Å². The van der Waals surface area contributed by atoms with E-state index in [2.05, 4.69) is 27.0 Å². The van der Waals surface area contributed by atoms with Gasteiger partial charge in [-0.2, -0.15) is 0 Å². The summed E-state index contributed by atoms with van der Waals surface area (Å²) in [5.74, 6) is 0.913. The van der Waals surface area contributed by atoms with Gasteiger partial charge in [-0.05, 0) is 31.2 Å². The summed E-state index contributed by atoms with van der Waals surface area (Å²) in [4.78, 5) is 4.63. The zero-order valence-corrected chi connectivity index (χ0v) is 11.5. The number of hydrogen-bond donors (Lipinski definition) is 1. The van der Waals surface area contributed by atoms with E-state index in [1.807, 2.05) is 47.9 Å². The summed E-state index contributed by atoms with van der Waals surface area (Å²) in [6.45, 7) is 2.01. The van der Waals surface area contributed by atoms with Gasteiger partial charge < -0.3 is 5.73 Å². The van der Waals surface area contributed by atoms with Gasteiger partial charge >= 0.3 is 0 Å². The molecule has 4 heteroatoms. The number of halogens is 1. The molecule has 0 fully saturated rings. The Morgan fingerprint density at radius 1 is 1.22 bits per heavy atom. The van der Waals surface area contributed by atoms with Crippen LogP contribution in [0.4, 0.5) is 5.69 Å². The fourth-order valence-corrected chi connectivity index (χ4v) is 2.49. The molecule has 0 unspecified atom stereocenters. The molecule has 1 aromatic carbocycles. The summed E-state index contributed by atoms with van der Waals surface area (Å²) in [6, 6.07) is 12.0. The third kappa shape index (κ3) is 1.78. The van der Waals surface area contributed by atoms with Crippen LogP contribution in [0.1, 0.15) is 5.69 Å². The van der Waals surface area contributed by atoms with E-state index in [-0.39, 0.29) is 0 Å². The lowest BCUT2D eigenvalue weighted by molar-refractivity contribution is 1.16. The second-order valence-corrected chi connectivity index (χ2v) is 5.16. The first-order valence-electron chi connectivity index (χ1n) is 5.65. The molecule has 0 radical (unpaired) electrons. The van der Waals surface area contributed by atoms with Crippen molar-refractivity contribution in [2.75, 3.05) is 5.73 Å². The number of imidazole rings is 1. The van der Waals surface area contributed by atoms with Crippen LogP contribution < -0.4 is 5.73 Å². The number of rotatable bonds is 1. The molecule has 2 heterocycles. The van der Waals surface area contributed by atoms with Crippen LogP contribution >= 0.6 is 15.9 Å². The van der Waals surface area contributed by atoms with E-state index in [4.69, 9.17) is 5.73 Å². The monoisotopic (exact) mass is 301 g/mol. The molecule has 0 bridgehead atoms. The molecule has 0 atom stereocenters.